The summed E-state index contributed by atoms with van der Waals surface area (Å²) in [5, 5.41) is -8.35. The lowest BCUT2D eigenvalue weighted by atomic mass is 9.71. The van der Waals surface area contributed by atoms with E-state index in [1.807, 2.05) is 0 Å². The van der Waals surface area contributed by atoms with Gasteiger partial charge in [-0.25, -0.2) is 13.2 Å². The van der Waals surface area contributed by atoms with Crippen LogP contribution in [0.5, 0.6) is 17.2 Å². The van der Waals surface area contributed by atoms with Crippen molar-refractivity contribution < 1.29 is 53.7 Å². The van der Waals surface area contributed by atoms with Crippen molar-refractivity contribution in [1.29, 1.82) is 0 Å². The van der Waals surface area contributed by atoms with E-state index in [9.17, 15) is 39.5 Å². The fourth-order valence-corrected chi connectivity index (χ4v) is 3.95. The molecule has 0 amide bonds. The number of ether oxygens (including phenoxy) is 3. The molecule has 0 saturated carbocycles. The largest absolute Gasteiger partial charge is 0.440 e. The number of rotatable bonds is 12. The smallest absolute Gasteiger partial charge is 0.430 e. The first-order valence-corrected chi connectivity index (χ1v) is 14.0. The third-order valence-electron chi connectivity index (χ3n) is 5.82. The molecule has 15 heteroatoms. The molecule has 3 atom stereocenters. The molecule has 0 aromatic heterocycles. The first kappa shape index (κ1) is 33.4. The quantitative estimate of drug-likeness (QED) is 0.104. The van der Waals surface area contributed by atoms with E-state index in [1.54, 1.807) is 6.92 Å². The Morgan fingerprint density at radius 3 is 0.829 bits per heavy atom. The molecule has 0 N–H and O–H groups in total. The highest BCUT2D eigenvalue weighted by molar-refractivity contribution is 9.09. The van der Waals surface area contributed by atoms with Gasteiger partial charge in [-0.05, 0) is 108 Å². The van der Waals surface area contributed by atoms with Crippen molar-refractivity contribution in [3.63, 3.8) is 0 Å². The Hall–Kier alpha value is -2.13. The van der Waals surface area contributed by atoms with Gasteiger partial charge in [0.1, 0.15) is 17.2 Å². The van der Waals surface area contributed by atoms with E-state index in [2.05, 4.69) is 62.0 Å². The van der Waals surface area contributed by atoms with E-state index >= 15 is 0 Å². The molecule has 3 unspecified atom stereocenters. The second-order valence-corrected chi connectivity index (χ2v) is 11.0. The molecule has 0 aliphatic rings. The van der Waals surface area contributed by atoms with Crippen molar-refractivity contribution in [2.75, 3.05) is 0 Å². The monoisotopic (exact) mass is 786 g/mol. The van der Waals surface area contributed by atoms with E-state index in [-0.39, 0.29) is 17.2 Å². The lowest BCUT2D eigenvalue weighted by Gasteiger charge is -2.32. The first-order valence-electron chi connectivity index (χ1n) is 11.2. The minimum atomic E-state index is -4.18. The van der Waals surface area contributed by atoms with Crippen molar-refractivity contribution in [2.45, 2.75) is 45.9 Å². The molecule has 0 saturated heterocycles. The average Bonchev–Trinajstić information content (AvgIpc) is 2.88. The molecule has 3 rings (SSSR count). The number of hydrogen-bond acceptors (Lipinski definition) is 3. The van der Waals surface area contributed by atoms with Gasteiger partial charge in [-0.1, -0.05) is 36.4 Å². The molecule has 3 aromatic rings. The molecule has 41 heavy (non-hydrogen) atoms. The second-order valence-electron chi connectivity index (χ2n) is 8.59. The van der Waals surface area contributed by atoms with Gasteiger partial charge in [0.05, 0.1) is 0 Å². The van der Waals surface area contributed by atoms with Crippen LogP contribution >= 0.6 is 47.8 Å². The van der Waals surface area contributed by atoms with Gasteiger partial charge in [-0.2, -0.15) is 26.3 Å². The van der Waals surface area contributed by atoms with Gasteiger partial charge < -0.3 is 14.2 Å². The van der Waals surface area contributed by atoms with Crippen LogP contribution in [0.25, 0.3) is 0 Å². The maximum absolute atomic E-state index is 13.7. The number of alkyl halides is 12. The summed E-state index contributed by atoms with van der Waals surface area (Å²) in [6.45, 7) is 1.65. The molecule has 0 aliphatic carbocycles. The molecular weight excluding hydrogens is 771 g/mol. The van der Waals surface area contributed by atoms with Crippen LogP contribution in [-0.2, 0) is 5.41 Å². The minimum Gasteiger partial charge on any atom is -0.430 e. The zero-order valence-electron chi connectivity index (χ0n) is 20.4. The highest BCUT2D eigenvalue weighted by atomic mass is 79.9. The highest BCUT2D eigenvalue weighted by Gasteiger charge is 2.43. The molecule has 0 heterocycles. The predicted octanol–water partition coefficient (Wildman–Crippen LogP) is 10.0. The summed E-state index contributed by atoms with van der Waals surface area (Å²) in [6, 6.07) is 15.1. The van der Waals surface area contributed by atoms with Crippen molar-refractivity contribution in [3.8, 4) is 17.2 Å². The Labute approximate surface area is 253 Å². The Balaban J connectivity index is 2.04. The second kappa shape index (κ2) is 12.6. The average molecular weight is 789 g/mol. The zero-order chi connectivity index (χ0) is 30.8. The van der Waals surface area contributed by atoms with Crippen LogP contribution in [0.1, 0.15) is 23.6 Å². The maximum atomic E-state index is 13.7. The molecule has 3 nitrogen and oxygen atoms in total. The van der Waals surface area contributed by atoms with Gasteiger partial charge in [-0.3, -0.25) is 0 Å². The molecule has 224 valence electrons. The van der Waals surface area contributed by atoms with Crippen molar-refractivity contribution in [1.82, 2.24) is 0 Å². The van der Waals surface area contributed by atoms with E-state index in [1.165, 1.54) is 36.4 Å². The lowest BCUT2D eigenvalue weighted by molar-refractivity contribution is -0.195. The van der Waals surface area contributed by atoms with Crippen molar-refractivity contribution in [2.24, 2.45) is 0 Å². The van der Waals surface area contributed by atoms with Gasteiger partial charge >= 0.3 is 18.3 Å². The molecule has 0 radical (unpaired) electrons. The summed E-state index contributed by atoms with van der Waals surface area (Å²) < 4.78 is 135. The van der Waals surface area contributed by atoms with Gasteiger partial charge in [0.2, 0.25) is 0 Å². The fraction of sp³-hybridized carbons (Fsp3) is 0.308. The highest BCUT2D eigenvalue weighted by Crippen LogP contribution is 2.42. The van der Waals surface area contributed by atoms with E-state index in [0.29, 0.717) is 16.7 Å². The summed E-state index contributed by atoms with van der Waals surface area (Å²) >= 11 is 6.36. The van der Waals surface area contributed by atoms with Crippen LogP contribution in [0.3, 0.4) is 0 Å². The molecule has 0 fully saturated rings. The molecule has 0 spiro atoms. The van der Waals surface area contributed by atoms with Crippen LogP contribution < -0.4 is 14.2 Å². The van der Waals surface area contributed by atoms with E-state index < -0.39 is 39.0 Å². The predicted molar refractivity (Wildman–Crippen MR) is 143 cm³/mol. The third-order valence-corrected chi connectivity index (χ3v) is 7.42. The zero-order valence-corrected chi connectivity index (χ0v) is 25.2. The Morgan fingerprint density at radius 1 is 0.463 bits per heavy atom. The Morgan fingerprint density at radius 2 is 0.659 bits per heavy atom. The summed E-state index contributed by atoms with van der Waals surface area (Å²) in [4.78, 5) is 0. The van der Waals surface area contributed by atoms with Crippen LogP contribution in [-0.4, -0.2) is 33.6 Å². The summed E-state index contributed by atoms with van der Waals surface area (Å²) in [5.74, 6) is -1.15. The molecule has 0 bridgehead atoms. The summed E-state index contributed by atoms with van der Waals surface area (Å²) in [5.41, 5.74) is 0.0261. The van der Waals surface area contributed by atoms with Gasteiger partial charge in [0.15, 0.2) is 0 Å². The molecule has 3 aromatic carbocycles. The first-order chi connectivity index (χ1) is 18.9. The van der Waals surface area contributed by atoms with E-state index in [0.717, 1.165) is 36.4 Å². The molecule has 0 aliphatic heterocycles. The van der Waals surface area contributed by atoms with Crippen molar-refractivity contribution in [3.05, 3.63) is 89.5 Å². The summed E-state index contributed by atoms with van der Waals surface area (Å²) in [6.07, 6.45) is -12.5. The SMILES string of the molecule is CC(c1ccc(OC(F)(F)C(F)Br)cc1)(c1ccc(OC(F)(F)C(F)Br)cc1)c1ccc(OC(F)(F)C(F)Br)cc1. The van der Waals surface area contributed by atoms with Crippen LogP contribution in [0, 0.1) is 0 Å². The normalized spacial score (nSPS) is 16.3. The van der Waals surface area contributed by atoms with Crippen LogP contribution in [0.4, 0.5) is 39.5 Å². The topological polar surface area (TPSA) is 27.7 Å². The minimum absolute atomic E-state index is 0.383. The van der Waals surface area contributed by atoms with Gasteiger partial charge in [0, 0.05) is 5.41 Å². The maximum Gasteiger partial charge on any atom is 0.440 e. The van der Waals surface area contributed by atoms with Crippen LogP contribution in [0.2, 0.25) is 0 Å². The van der Waals surface area contributed by atoms with Crippen molar-refractivity contribution >= 4 is 47.8 Å². The summed E-state index contributed by atoms with van der Waals surface area (Å²) in [7, 11) is 0. The molecular formula is C26H18Br3F9O3. The third kappa shape index (κ3) is 7.83. The van der Waals surface area contributed by atoms with Crippen LogP contribution in [0.15, 0.2) is 72.8 Å². The lowest BCUT2D eigenvalue weighted by Crippen LogP contribution is -2.33. The number of benzene rings is 3. The fourth-order valence-electron chi connectivity index (χ4n) is 3.67. The van der Waals surface area contributed by atoms with Gasteiger partial charge in [0.25, 0.3) is 15.2 Å². The van der Waals surface area contributed by atoms with E-state index in [4.69, 9.17) is 0 Å². The number of hydrogen-bond donors (Lipinski definition) is 0. The Kier molecular flexibility index (Phi) is 10.3. The van der Waals surface area contributed by atoms with Gasteiger partial charge in [-0.15, -0.1) is 0 Å². The Bertz CT molecular complexity index is 1130. The number of halogens is 12. The standard InChI is InChI=1S/C26H18Br3F9O3/c1-23(14-2-8-17(9-3-14)39-24(33,34)20(27)30,15-4-10-18(11-5-15)40-25(35,36)21(28)31)16-6-12-19(13-7-16)41-26(37,38)22(29)32/h2-13,20-22H,1H3.